The molecular weight excluding hydrogens is 458 g/mol. The Morgan fingerprint density at radius 2 is 2.11 bits per heavy atom. The van der Waals surface area contributed by atoms with Crippen LogP contribution in [0.4, 0.5) is 16.5 Å². The van der Waals surface area contributed by atoms with Crippen LogP contribution >= 0.6 is 0 Å². The lowest BCUT2D eigenvalue weighted by Crippen LogP contribution is -2.48. The molecule has 3 aliphatic rings. The lowest BCUT2D eigenvalue weighted by atomic mass is 10.1. The van der Waals surface area contributed by atoms with Crippen LogP contribution < -0.4 is 25.3 Å². The van der Waals surface area contributed by atoms with E-state index in [9.17, 15) is 4.79 Å². The topological polar surface area (TPSA) is 149 Å². The van der Waals surface area contributed by atoms with Gasteiger partial charge in [-0.05, 0) is 18.6 Å². The number of nitrogen functional groups attached to an aromatic ring is 1. The molecule has 1 aromatic heterocycles. The van der Waals surface area contributed by atoms with Gasteiger partial charge in [0.15, 0.2) is 11.5 Å². The average Bonchev–Trinajstić information content (AvgIpc) is 3.51. The minimum Gasteiger partial charge on any atom is -0.491 e. The Morgan fingerprint density at radius 3 is 2.89 bits per heavy atom. The van der Waals surface area contributed by atoms with Gasteiger partial charge in [-0.2, -0.15) is 4.98 Å². The van der Waals surface area contributed by atoms with Gasteiger partial charge in [-0.15, -0.1) is 0 Å². The molecule has 3 aliphatic heterocycles. The number of hydrogen-bond acceptors (Lipinski definition) is 12. The summed E-state index contributed by atoms with van der Waals surface area (Å²) in [6, 6.07) is 3.66. The molecule has 1 fully saturated rings. The molecule has 0 radical (unpaired) electrons. The number of fused-ring (bicyclic) bond motifs is 3. The fourth-order valence-corrected chi connectivity index (χ4v) is 4.12. The van der Waals surface area contributed by atoms with E-state index in [1.807, 2.05) is 12.1 Å². The molecule has 1 amide bonds. The van der Waals surface area contributed by atoms with Crippen molar-refractivity contribution in [2.75, 3.05) is 65.4 Å². The molecule has 1 aromatic carbocycles. The number of ether oxygens (including phenoxy) is 4. The van der Waals surface area contributed by atoms with E-state index in [0.29, 0.717) is 42.7 Å². The zero-order valence-electron chi connectivity index (χ0n) is 19.4. The van der Waals surface area contributed by atoms with Crippen LogP contribution in [0, 0.1) is 0 Å². The third-order valence-electron chi connectivity index (χ3n) is 5.74. The number of morpholine rings is 1. The second kappa shape index (κ2) is 10.2. The summed E-state index contributed by atoms with van der Waals surface area (Å²) in [5, 5.41) is 2.64. The van der Waals surface area contributed by atoms with Gasteiger partial charge in [-0.1, -0.05) is 0 Å². The molecule has 35 heavy (non-hydrogen) atoms. The standard InChI is InChI=1S/C22H27N7O6/c1-31-18-15(33-10-2-6-28-8-11-32-12-9-28)4-3-14-17(18)26-21(29-7-5-24-19(14)29)27-22(30)35-16-13-25-20(23)34-16/h3-4,13H,2,5-12H2,1H3,(H2,23,25)(H,26,27,30). The number of amidine groups is 1. The molecule has 0 aliphatic carbocycles. The first-order chi connectivity index (χ1) is 17.1. The van der Waals surface area contributed by atoms with E-state index in [4.69, 9.17) is 29.1 Å². The summed E-state index contributed by atoms with van der Waals surface area (Å²) in [5.74, 6) is 1.86. The number of aromatic nitrogens is 1. The molecule has 2 aromatic rings. The number of methoxy groups -OCH3 is 1. The monoisotopic (exact) mass is 485 g/mol. The number of guanidine groups is 1. The molecule has 186 valence electrons. The predicted octanol–water partition coefficient (Wildman–Crippen LogP) is 1.22. The number of nitrogens with two attached hydrogens (primary N) is 1. The quantitative estimate of drug-likeness (QED) is 0.548. The fourth-order valence-electron chi connectivity index (χ4n) is 4.12. The van der Waals surface area contributed by atoms with Crippen molar-refractivity contribution in [3.05, 3.63) is 23.9 Å². The summed E-state index contributed by atoms with van der Waals surface area (Å²) in [7, 11) is 1.56. The predicted molar refractivity (Wildman–Crippen MR) is 126 cm³/mol. The summed E-state index contributed by atoms with van der Waals surface area (Å²) >= 11 is 0. The number of aliphatic imine (C=N–C) groups is 2. The Kier molecular flexibility index (Phi) is 6.68. The van der Waals surface area contributed by atoms with Crippen LogP contribution in [0.2, 0.25) is 0 Å². The van der Waals surface area contributed by atoms with E-state index < -0.39 is 6.09 Å². The van der Waals surface area contributed by atoms with Crippen molar-refractivity contribution < 1.29 is 28.2 Å². The number of carbonyl (C=O) groups excluding carboxylic acids is 1. The highest BCUT2D eigenvalue weighted by molar-refractivity contribution is 6.18. The van der Waals surface area contributed by atoms with Gasteiger partial charge in [-0.25, -0.2) is 9.79 Å². The van der Waals surface area contributed by atoms with Crippen molar-refractivity contribution in [3.8, 4) is 17.4 Å². The van der Waals surface area contributed by atoms with Gasteiger partial charge in [0.2, 0.25) is 5.96 Å². The first kappa shape index (κ1) is 22.9. The van der Waals surface area contributed by atoms with E-state index in [1.54, 1.807) is 12.0 Å². The van der Waals surface area contributed by atoms with E-state index in [-0.39, 0.29) is 17.9 Å². The van der Waals surface area contributed by atoms with Crippen LogP contribution in [0.15, 0.2) is 32.7 Å². The zero-order chi connectivity index (χ0) is 24.2. The van der Waals surface area contributed by atoms with Gasteiger partial charge in [0.1, 0.15) is 17.7 Å². The molecule has 13 heteroatoms. The molecular formula is C22H27N7O6. The van der Waals surface area contributed by atoms with E-state index >= 15 is 0 Å². The van der Waals surface area contributed by atoms with Gasteiger partial charge >= 0.3 is 12.0 Å². The first-order valence-electron chi connectivity index (χ1n) is 11.4. The molecule has 13 nitrogen and oxygen atoms in total. The molecule has 0 atom stereocenters. The molecule has 3 N–H and O–H groups in total. The Bertz CT molecular complexity index is 1140. The van der Waals surface area contributed by atoms with Crippen molar-refractivity contribution in [2.24, 2.45) is 9.98 Å². The normalized spacial score (nSPS) is 17.2. The molecule has 5 rings (SSSR count). The number of hydrogen-bond donors (Lipinski definition) is 2. The maximum Gasteiger partial charge on any atom is 0.421 e. The van der Waals surface area contributed by atoms with Crippen molar-refractivity contribution >= 4 is 29.6 Å². The molecule has 0 spiro atoms. The number of nitrogens with one attached hydrogen (secondary N) is 1. The minimum absolute atomic E-state index is 0.104. The number of rotatable bonds is 7. The third-order valence-corrected chi connectivity index (χ3v) is 5.74. The SMILES string of the molecule is COc1c(OCCCN2CCOCC2)ccc2c1N=C(NC(=O)Oc1cnc(N)o1)N1CCN=C21. The Labute approximate surface area is 201 Å². The fraction of sp³-hybridized carbons (Fsp3) is 0.455. The highest BCUT2D eigenvalue weighted by atomic mass is 16.6. The number of carbonyl (C=O) groups is 1. The number of amides is 1. The van der Waals surface area contributed by atoms with Crippen molar-refractivity contribution in [1.82, 2.24) is 20.1 Å². The van der Waals surface area contributed by atoms with Crippen LogP contribution in [0.25, 0.3) is 0 Å². The zero-order valence-corrected chi connectivity index (χ0v) is 19.4. The van der Waals surface area contributed by atoms with E-state index in [2.05, 4.69) is 25.2 Å². The van der Waals surface area contributed by atoms with E-state index in [1.165, 1.54) is 6.20 Å². The van der Waals surface area contributed by atoms with Gasteiger partial charge < -0.3 is 29.1 Å². The van der Waals surface area contributed by atoms with Crippen LogP contribution in [0.5, 0.6) is 17.4 Å². The Balaban J connectivity index is 1.31. The molecule has 0 unspecified atom stereocenters. The lowest BCUT2D eigenvalue weighted by Gasteiger charge is -2.28. The second-order valence-electron chi connectivity index (χ2n) is 7.97. The summed E-state index contributed by atoms with van der Waals surface area (Å²) in [4.78, 5) is 29.6. The van der Waals surface area contributed by atoms with Gasteiger partial charge in [0.25, 0.3) is 6.01 Å². The highest BCUT2D eigenvalue weighted by Gasteiger charge is 2.33. The number of nitrogens with zero attached hydrogens (tertiary/aromatic N) is 5. The molecule has 0 bridgehead atoms. The Morgan fingerprint density at radius 1 is 1.26 bits per heavy atom. The van der Waals surface area contributed by atoms with Crippen LogP contribution in [-0.4, -0.2) is 92.3 Å². The molecule has 1 saturated heterocycles. The first-order valence-corrected chi connectivity index (χ1v) is 11.4. The molecule has 4 heterocycles. The smallest absolute Gasteiger partial charge is 0.421 e. The summed E-state index contributed by atoms with van der Waals surface area (Å²) in [6.45, 7) is 6.02. The van der Waals surface area contributed by atoms with Crippen LogP contribution in [0.1, 0.15) is 12.0 Å². The lowest BCUT2D eigenvalue weighted by molar-refractivity contribution is 0.0357. The average molecular weight is 486 g/mol. The summed E-state index contributed by atoms with van der Waals surface area (Å²) in [5.41, 5.74) is 6.73. The third kappa shape index (κ3) is 5.00. The van der Waals surface area contributed by atoms with Crippen molar-refractivity contribution in [1.29, 1.82) is 0 Å². The van der Waals surface area contributed by atoms with Crippen LogP contribution in [0.3, 0.4) is 0 Å². The second-order valence-corrected chi connectivity index (χ2v) is 7.97. The maximum atomic E-state index is 12.4. The summed E-state index contributed by atoms with van der Waals surface area (Å²) in [6.07, 6.45) is 1.28. The van der Waals surface area contributed by atoms with Gasteiger partial charge in [-0.3, -0.25) is 20.1 Å². The minimum atomic E-state index is -0.802. The van der Waals surface area contributed by atoms with Gasteiger partial charge in [0.05, 0.1) is 33.5 Å². The van der Waals surface area contributed by atoms with Crippen molar-refractivity contribution in [3.63, 3.8) is 0 Å². The highest BCUT2D eigenvalue weighted by Crippen LogP contribution is 2.43. The Hall–Kier alpha value is -3.84. The van der Waals surface area contributed by atoms with Gasteiger partial charge in [0, 0.05) is 31.7 Å². The maximum absolute atomic E-state index is 12.4. The number of oxazole rings is 1. The van der Waals surface area contributed by atoms with Crippen LogP contribution in [-0.2, 0) is 4.74 Å². The van der Waals surface area contributed by atoms with E-state index in [0.717, 1.165) is 44.8 Å². The van der Waals surface area contributed by atoms with Crippen molar-refractivity contribution in [2.45, 2.75) is 6.42 Å². The number of benzene rings is 1. The largest absolute Gasteiger partial charge is 0.491 e. The number of anilines is 1. The summed E-state index contributed by atoms with van der Waals surface area (Å²) < 4.78 is 27.2. The molecule has 0 saturated carbocycles.